The fraction of sp³-hybridized carbons (Fsp3) is 0.429. The van der Waals surface area contributed by atoms with Gasteiger partial charge in [0, 0.05) is 0 Å². The Hall–Kier alpha value is -0.601. The molecule has 2 atom stereocenters. The molecule has 2 saturated heterocycles. The monoisotopic (exact) mass is 296 g/mol. The van der Waals surface area contributed by atoms with E-state index in [9.17, 15) is 0 Å². The summed E-state index contributed by atoms with van der Waals surface area (Å²) in [6, 6.07) is 10.7. The van der Waals surface area contributed by atoms with Gasteiger partial charge in [0.2, 0.25) is 0 Å². The molecule has 0 spiro atoms. The molecular weight excluding hydrogens is 279 g/mol. The first kappa shape index (κ1) is 11.5. The van der Waals surface area contributed by atoms with Crippen molar-refractivity contribution in [2.24, 2.45) is 5.92 Å². The van der Waals surface area contributed by atoms with E-state index in [0.29, 0.717) is 20.9 Å². The second-order valence-electron chi connectivity index (χ2n) is 4.42. The number of rotatable bonds is 2. The van der Waals surface area contributed by atoms with Crippen LogP contribution < -0.4 is 4.46 Å². The Balaban J connectivity index is 1.68. The van der Waals surface area contributed by atoms with E-state index in [1.54, 1.807) is 0 Å². The summed E-state index contributed by atoms with van der Waals surface area (Å²) in [7, 11) is 0. The van der Waals surface area contributed by atoms with Crippen LogP contribution in [0, 0.1) is 5.92 Å². The molecule has 0 radical (unpaired) electrons. The van der Waals surface area contributed by atoms with Crippen LogP contribution in [-0.4, -0.2) is 34.5 Å². The number of ether oxygens (including phenoxy) is 2. The molecule has 3 heteroatoms. The predicted octanol–water partition coefficient (Wildman–Crippen LogP) is 1.68. The van der Waals surface area contributed by atoms with Gasteiger partial charge in [0.1, 0.15) is 0 Å². The zero-order valence-electron chi connectivity index (χ0n) is 9.67. The summed E-state index contributed by atoms with van der Waals surface area (Å²) in [6.07, 6.45) is 2.43. The molecule has 0 unspecified atom stereocenters. The van der Waals surface area contributed by atoms with E-state index in [1.165, 1.54) is 22.9 Å². The van der Waals surface area contributed by atoms with Crippen molar-refractivity contribution in [1.82, 2.24) is 0 Å². The van der Waals surface area contributed by atoms with E-state index < -0.39 is 0 Å². The molecule has 90 valence electrons. The molecule has 2 nitrogen and oxygen atoms in total. The van der Waals surface area contributed by atoms with Gasteiger partial charge in [-0.25, -0.2) is 0 Å². The van der Waals surface area contributed by atoms with Gasteiger partial charge in [-0.2, -0.15) is 0 Å². The fourth-order valence-electron chi connectivity index (χ4n) is 2.33. The van der Waals surface area contributed by atoms with E-state index in [2.05, 4.69) is 35.3 Å². The fourth-order valence-corrected chi connectivity index (χ4v) is 4.10. The molecule has 2 heterocycles. The van der Waals surface area contributed by atoms with E-state index in [0.717, 1.165) is 13.2 Å². The van der Waals surface area contributed by atoms with Crippen molar-refractivity contribution in [1.29, 1.82) is 0 Å². The van der Waals surface area contributed by atoms with Gasteiger partial charge >= 0.3 is 108 Å². The Morgan fingerprint density at radius 1 is 1.18 bits per heavy atom. The van der Waals surface area contributed by atoms with Crippen molar-refractivity contribution in [2.75, 3.05) is 13.2 Å². The Morgan fingerprint density at radius 2 is 2.06 bits per heavy atom. The van der Waals surface area contributed by atoms with Gasteiger partial charge in [-0.1, -0.05) is 0 Å². The predicted molar refractivity (Wildman–Crippen MR) is 68.3 cm³/mol. The van der Waals surface area contributed by atoms with E-state index in [-0.39, 0.29) is 6.29 Å². The quantitative estimate of drug-likeness (QED) is 0.773. The summed E-state index contributed by atoms with van der Waals surface area (Å²) < 4.78 is 12.7. The van der Waals surface area contributed by atoms with Crippen molar-refractivity contribution >= 4 is 19.4 Å². The van der Waals surface area contributed by atoms with Crippen LogP contribution in [0.25, 0.3) is 0 Å². The molecule has 0 aliphatic carbocycles. The second kappa shape index (κ2) is 5.36. The summed E-state index contributed by atoms with van der Waals surface area (Å²) in [6.45, 7) is 1.63. The van der Waals surface area contributed by atoms with E-state index in [4.69, 9.17) is 9.47 Å². The third-order valence-electron chi connectivity index (χ3n) is 3.25. The van der Waals surface area contributed by atoms with Gasteiger partial charge in [0.15, 0.2) is 0 Å². The Bertz CT molecular complexity index is 402. The van der Waals surface area contributed by atoms with Crippen molar-refractivity contribution in [2.45, 2.75) is 19.1 Å². The summed E-state index contributed by atoms with van der Waals surface area (Å²) in [4.78, 5) is 2.39. The molecule has 2 aliphatic rings. The molecule has 3 rings (SSSR count). The van der Waals surface area contributed by atoms with Crippen molar-refractivity contribution in [3.05, 3.63) is 40.9 Å². The van der Waals surface area contributed by atoms with Gasteiger partial charge in [0.25, 0.3) is 0 Å². The van der Waals surface area contributed by atoms with Crippen molar-refractivity contribution < 1.29 is 9.47 Å². The average Bonchev–Trinajstić information content (AvgIpc) is 2.81. The maximum atomic E-state index is 5.68. The standard InChI is InChI=1S/C14H16O2Se/c1-2-5-12(6-3-1)17-10-11-9-16-14-13(11)7-4-8-15-14/h1-3,5-6,10,13-14H,4,7-9H2/b11-10-/t13-,14+/m0/s1. The zero-order valence-corrected chi connectivity index (χ0v) is 11.4. The van der Waals surface area contributed by atoms with Gasteiger partial charge in [-0.3, -0.25) is 0 Å². The van der Waals surface area contributed by atoms with E-state index >= 15 is 0 Å². The summed E-state index contributed by atoms with van der Waals surface area (Å²) >= 11 is 0.423. The van der Waals surface area contributed by atoms with Crippen LogP contribution in [0.1, 0.15) is 12.8 Å². The van der Waals surface area contributed by atoms with Crippen LogP contribution in [0.2, 0.25) is 0 Å². The summed E-state index contributed by atoms with van der Waals surface area (Å²) in [5.41, 5.74) is 1.46. The minimum absolute atomic E-state index is 0.0431. The molecule has 2 aliphatic heterocycles. The van der Waals surface area contributed by atoms with Gasteiger partial charge in [-0.05, 0) is 0 Å². The Labute approximate surface area is 108 Å². The van der Waals surface area contributed by atoms with Crippen LogP contribution in [0.5, 0.6) is 0 Å². The molecule has 1 aromatic rings. The molecule has 0 aromatic heterocycles. The van der Waals surface area contributed by atoms with Gasteiger partial charge in [-0.15, -0.1) is 0 Å². The molecule has 17 heavy (non-hydrogen) atoms. The first-order valence-corrected chi connectivity index (χ1v) is 7.92. The molecule has 0 amide bonds. The number of hydrogen-bond donors (Lipinski definition) is 0. The number of benzene rings is 1. The third kappa shape index (κ3) is 2.63. The average molecular weight is 295 g/mol. The van der Waals surface area contributed by atoms with Crippen LogP contribution >= 0.6 is 0 Å². The van der Waals surface area contributed by atoms with Crippen LogP contribution in [0.4, 0.5) is 0 Å². The molecular formula is C14H16O2Se. The van der Waals surface area contributed by atoms with Crippen LogP contribution in [-0.2, 0) is 9.47 Å². The second-order valence-corrected chi connectivity index (χ2v) is 6.40. The molecule has 0 N–H and O–H groups in total. The maximum absolute atomic E-state index is 5.68. The first-order valence-electron chi connectivity index (χ1n) is 6.07. The Kier molecular flexibility index (Phi) is 3.62. The number of hydrogen-bond acceptors (Lipinski definition) is 2. The van der Waals surface area contributed by atoms with Crippen LogP contribution in [0.3, 0.4) is 0 Å². The topological polar surface area (TPSA) is 18.5 Å². The normalized spacial score (nSPS) is 30.5. The summed E-state index contributed by atoms with van der Waals surface area (Å²) in [5.74, 6) is 0.523. The van der Waals surface area contributed by atoms with Crippen molar-refractivity contribution in [3.63, 3.8) is 0 Å². The molecule has 2 fully saturated rings. The third-order valence-corrected chi connectivity index (χ3v) is 5.27. The first-order chi connectivity index (χ1) is 8.43. The van der Waals surface area contributed by atoms with Crippen LogP contribution in [0.15, 0.2) is 40.9 Å². The van der Waals surface area contributed by atoms with E-state index in [1.807, 2.05) is 0 Å². The number of fused-ring (bicyclic) bond motifs is 1. The zero-order chi connectivity index (χ0) is 11.5. The van der Waals surface area contributed by atoms with Gasteiger partial charge < -0.3 is 0 Å². The molecule has 0 bridgehead atoms. The molecule has 1 aromatic carbocycles. The minimum atomic E-state index is 0.0431. The van der Waals surface area contributed by atoms with Gasteiger partial charge in [0.05, 0.1) is 0 Å². The van der Waals surface area contributed by atoms with Crippen molar-refractivity contribution in [3.8, 4) is 0 Å². The SMILES string of the molecule is C(/[Se]c1ccccc1)=C1\CO[C@H]2OCCC[C@@H]12. The molecule has 0 saturated carbocycles. The Morgan fingerprint density at radius 3 is 2.94 bits per heavy atom. The summed E-state index contributed by atoms with van der Waals surface area (Å²) in [5, 5.41) is 0.